The van der Waals surface area contributed by atoms with Gasteiger partial charge in [0.05, 0.1) is 18.9 Å². The van der Waals surface area contributed by atoms with Crippen molar-refractivity contribution in [3.63, 3.8) is 0 Å². The maximum atomic E-state index is 10.9. The van der Waals surface area contributed by atoms with Crippen molar-refractivity contribution in [3.05, 3.63) is 35.7 Å². The first-order chi connectivity index (χ1) is 7.58. The van der Waals surface area contributed by atoms with Crippen molar-refractivity contribution >= 4 is 5.97 Å². The van der Waals surface area contributed by atoms with Gasteiger partial charge in [0.15, 0.2) is 0 Å². The van der Waals surface area contributed by atoms with Crippen LogP contribution in [0.2, 0.25) is 0 Å². The summed E-state index contributed by atoms with van der Waals surface area (Å²) in [6.07, 6.45) is 4.93. The summed E-state index contributed by atoms with van der Waals surface area (Å²) in [5.41, 5.74) is 1.15. The van der Waals surface area contributed by atoms with E-state index in [1.807, 2.05) is 13.2 Å². The van der Waals surface area contributed by atoms with E-state index in [4.69, 9.17) is 5.11 Å². The third-order valence-corrected chi connectivity index (χ3v) is 2.37. The lowest BCUT2D eigenvalue weighted by Gasteiger charge is -2.05. The van der Waals surface area contributed by atoms with Gasteiger partial charge in [0.2, 0.25) is 0 Å². The predicted molar refractivity (Wildman–Crippen MR) is 56.2 cm³/mol. The molecule has 0 aliphatic heterocycles. The van der Waals surface area contributed by atoms with Crippen molar-refractivity contribution in [1.82, 2.24) is 19.3 Å². The molecule has 6 nitrogen and oxygen atoms in total. The van der Waals surface area contributed by atoms with Gasteiger partial charge in [-0.3, -0.25) is 4.68 Å². The molecule has 0 saturated heterocycles. The van der Waals surface area contributed by atoms with Crippen LogP contribution in [0.25, 0.3) is 0 Å². The van der Waals surface area contributed by atoms with Crippen LogP contribution in [-0.4, -0.2) is 30.4 Å². The van der Waals surface area contributed by atoms with Gasteiger partial charge in [0.25, 0.3) is 0 Å². The number of carboxylic acid groups (broad SMARTS) is 1. The van der Waals surface area contributed by atoms with Crippen molar-refractivity contribution in [3.8, 4) is 0 Å². The Morgan fingerprint density at radius 2 is 2.25 bits per heavy atom. The molecule has 0 radical (unpaired) electrons. The van der Waals surface area contributed by atoms with Gasteiger partial charge in [-0.05, 0) is 6.92 Å². The van der Waals surface area contributed by atoms with Crippen LogP contribution in [0.15, 0.2) is 18.6 Å². The van der Waals surface area contributed by atoms with Gasteiger partial charge in [-0.2, -0.15) is 5.10 Å². The normalized spacial score (nSPS) is 10.6. The van der Waals surface area contributed by atoms with Crippen LogP contribution in [-0.2, 0) is 13.6 Å². The minimum Gasteiger partial charge on any atom is -0.477 e. The number of aromatic carboxylic acids is 1. The van der Waals surface area contributed by atoms with Gasteiger partial charge in [-0.25, -0.2) is 9.78 Å². The quantitative estimate of drug-likeness (QED) is 0.825. The van der Waals surface area contributed by atoms with E-state index in [0.717, 1.165) is 5.56 Å². The molecule has 84 valence electrons. The number of carbonyl (C=O) groups is 1. The number of imidazole rings is 1. The Kier molecular flexibility index (Phi) is 2.47. The molecule has 0 atom stereocenters. The second-order valence-electron chi connectivity index (χ2n) is 3.60. The summed E-state index contributed by atoms with van der Waals surface area (Å²) < 4.78 is 3.33. The van der Waals surface area contributed by atoms with Crippen molar-refractivity contribution in [1.29, 1.82) is 0 Å². The zero-order valence-corrected chi connectivity index (χ0v) is 9.08. The fourth-order valence-corrected chi connectivity index (χ4v) is 1.57. The monoisotopic (exact) mass is 220 g/mol. The van der Waals surface area contributed by atoms with Gasteiger partial charge in [-0.1, -0.05) is 0 Å². The minimum absolute atomic E-state index is 0.196. The zero-order valence-electron chi connectivity index (χ0n) is 9.08. The Morgan fingerprint density at radius 3 is 2.81 bits per heavy atom. The van der Waals surface area contributed by atoms with Crippen molar-refractivity contribution < 1.29 is 9.90 Å². The van der Waals surface area contributed by atoms with Crippen LogP contribution < -0.4 is 0 Å². The highest BCUT2D eigenvalue weighted by Gasteiger charge is 2.13. The summed E-state index contributed by atoms with van der Waals surface area (Å²) in [6, 6.07) is 0. The molecular weight excluding hydrogens is 208 g/mol. The van der Waals surface area contributed by atoms with Crippen molar-refractivity contribution in [2.45, 2.75) is 13.5 Å². The molecule has 0 saturated carbocycles. The first-order valence-electron chi connectivity index (χ1n) is 4.81. The Bertz CT molecular complexity index is 527. The maximum absolute atomic E-state index is 10.9. The molecule has 0 spiro atoms. The molecular formula is C10H12N4O2. The summed E-state index contributed by atoms with van der Waals surface area (Å²) in [4.78, 5) is 14.9. The predicted octanol–water partition coefficient (Wildman–Crippen LogP) is 0.672. The van der Waals surface area contributed by atoms with Crippen LogP contribution in [0.3, 0.4) is 0 Å². The van der Waals surface area contributed by atoms with E-state index >= 15 is 0 Å². The number of hydrogen-bond donors (Lipinski definition) is 1. The van der Waals surface area contributed by atoms with Crippen LogP contribution >= 0.6 is 0 Å². The summed E-state index contributed by atoms with van der Waals surface area (Å²) in [7, 11) is 1.82. The number of aromatic nitrogens is 4. The maximum Gasteiger partial charge on any atom is 0.354 e. The number of rotatable bonds is 3. The van der Waals surface area contributed by atoms with Crippen LogP contribution in [0.4, 0.5) is 0 Å². The average molecular weight is 220 g/mol. The highest BCUT2D eigenvalue weighted by atomic mass is 16.4. The second kappa shape index (κ2) is 3.80. The molecule has 6 heteroatoms. The molecule has 2 rings (SSSR count). The lowest BCUT2D eigenvalue weighted by molar-refractivity contribution is 0.0685. The molecule has 0 aliphatic carbocycles. The molecule has 0 aliphatic rings. The number of aryl methyl sites for hydroxylation is 2. The molecule has 1 N–H and O–H groups in total. The van der Waals surface area contributed by atoms with Crippen molar-refractivity contribution in [2.75, 3.05) is 0 Å². The highest BCUT2D eigenvalue weighted by molar-refractivity contribution is 5.85. The first-order valence-corrected chi connectivity index (χ1v) is 4.81. The summed E-state index contributed by atoms with van der Waals surface area (Å²) in [6.45, 7) is 2.25. The van der Waals surface area contributed by atoms with E-state index < -0.39 is 5.97 Å². The molecule has 2 aromatic rings. The topological polar surface area (TPSA) is 72.9 Å². The number of carboxylic acids is 1. The first kappa shape index (κ1) is 10.4. The van der Waals surface area contributed by atoms with E-state index in [0.29, 0.717) is 12.4 Å². The Balaban J connectivity index is 2.33. The van der Waals surface area contributed by atoms with E-state index in [1.165, 1.54) is 6.20 Å². The molecule has 0 bridgehead atoms. The van der Waals surface area contributed by atoms with Gasteiger partial charge in [-0.15, -0.1) is 0 Å². The Labute approximate surface area is 92.2 Å². The van der Waals surface area contributed by atoms with E-state index in [-0.39, 0.29) is 5.69 Å². The third-order valence-electron chi connectivity index (χ3n) is 2.37. The lowest BCUT2D eigenvalue weighted by atomic mass is 10.3. The van der Waals surface area contributed by atoms with Gasteiger partial charge >= 0.3 is 5.97 Å². The van der Waals surface area contributed by atoms with E-state index in [2.05, 4.69) is 10.1 Å². The molecule has 0 unspecified atom stereocenters. The number of hydrogen-bond acceptors (Lipinski definition) is 3. The highest BCUT2D eigenvalue weighted by Crippen LogP contribution is 2.09. The van der Waals surface area contributed by atoms with Gasteiger partial charge < -0.3 is 9.67 Å². The fraction of sp³-hybridized carbons (Fsp3) is 0.300. The van der Waals surface area contributed by atoms with Gasteiger partial charge in [0, 0.05) is 18.8 Å². The molecule has 16 heavy (non-hydrogen) atoms. The van der Waals surface area contributed by atoms with E-state index in [1.54, 1.807) is 22.4 Å². The smallest absolute Gasteiger partial charge is 0.354 e. The largest absolute Gasteiger partial charge is 0.477 e. The zero-order chi connectivity index (χ0) is 11.7. The lowest BCUT2D eigenvalue weighted by Crippen LogP contribution is -2.10. The fourth-order valence-electron chi connectivity index (χ4n) is 1.57. The Morgan fingerprint density at radius 1 is 1.50 bits per heavy atom. The number of nitrogens with zero attached hydrogens (tertiary/aromatic N) is 4. The second-order valence-corrected chi connectivity index (χ2v) is 3.60. The average Bonchev–Trinajstić information content (AvgIpc) is 2.76. The SMILES string of the molecule is Cc1ncc(C(=O)O)n1Cc1cnn(C)c1. The summed E-state index contributed by atoms with van der Waals surface area (Å²) >= 11 is 0. The van der Waals surface area contributed by atoms with Crippen LogP contribution in [0, 0.1) is 6.92 Å². The van der Waals surface area contributed by atoms with Crippen molar-refractivity contribution in [2.24, 2.45) is 7.05 Å². The molecule has 0 fully saturated rings. The standard InChI is InChI=1S/C10H12N4O2/c1-7-11-4-9(10(15)16)14(7)6-8-3-12-13(2)5-8/h3-5H,6H2,1-2H3,(H,15,16). The molecule has 2 heterocycles. The van der Waals surface area contributed by atoms with Crippen LogP contribution in [0.1, 0.15) is 21.9 Å². The third kappa shape index (κ3) is 1.81. The Hall–Kier alpha value is -2.11. The summed E-state index contributed by atoms with van der Waals surface area (Å²) in [5.74, 6) is -0.286. The van der Waals surface area contributed by atoms with Crippen LogP contribution in [0.5, 0.6) is 0 Å². The molecule has 2 aromatic heterocycles. The summed E-state index contributed by atoms with van der Waals surface area (Å²) in [5, 5.41) is 13.0. The molecule has 0 amide bonds. The molecule has 0 aromatic carbocycles. The minimum atomic E-state index is -0.968. The van der Waals surface area contributed by atoms with E-state index in [9.17, 15) is 4.79 Å². The van der Waals surface area contributed by atoms with Gasteiger partial charge in [0.1, 0.15) is 11.5 Å².